The van der Waals surface area contributed by atoms with Crippen molar-refractivity contribution in [3.05, 3.63) is 64.1 Å². The minimum absolute atomic E-state index is 0.106. The summed E-state index contributed by atoms with van der Waals surface area (Å²) in [6.45, 7) is 3.14. The van der Waals surface area contributed by atoms with Crippen molar-refractivity contribution in [1.82, 2.24) is 15.5 Å². The number of aromatic nitrogens is 2. The minimum atomic E-state index is -0.430. The Hall–Kier alpha value is -3.46. The summed E-state index contributed by atoms with van der Waals surface area (Å²) in [6.07, 6.45) is 2.10. The lowest BCUT2D eigenvalue weighted by Gasteiger charge is -2.07. The van der Waals surface area contributed by atoms with E-state index in [1.165, 1.54) is 0 Å². The van der Waals surface area contributed by atoms with Crippen molar-refractivity contribution < 1.29 is 19.1 Å². The highest BCUT2D eigenvalue weighted by Gasteiger charge is 2.17. The van der Waals surface area contributed by atoms with Gasteiger partial charge in [-0.05, 0) is 48.4 Å². The van der Waals surface area contributed by atoms with Crippen LogP contribution in [-0.4, -0.2) is 35.7 Å². The minimum Gasteiger partial charge on any atom is -0.497 e. The van der Waals surface area contributed by atoms with E-state index in [0.717, 1.165) is 35.5 Å². The summed E-state index contributed by atoms with van der Waals surface area (Å²) in [5, 5.41) is 13.4. The van der Waals surface area contributed by atoms with Crippen LogP contribution in [0.3, 0.4) is 0 Å². The van der Waals surface area contributed by atoms with E-state index in [1.54, 1.807) is 31.4 Å². The molecule has 0 fully saturated rings. The molecule has 9 heteroatoms. The Bertz CT molecular complexity index is 1000. The first-order valence-electron chi connectivity index (χ1n) is 9.88. The van der Waals surface area contributed by atoms with Crippen LogP contribution < -0.4 is 20.1 Å². The molecule has 0 aliphatic carbocycles. The Morgan fingerprint density at radius 2 is 1.58 bits per heavy atom. The number of carbonyl (C=O) groups excluding carboxylic acids is 2. The molecule has 0 bridgehead atoms. The molecular formula is C22H24N4O4S. The molecule has 0 aliphatic heterocycles. The Balaban J connectivity index is 1.50. The second kappa shape index (κ2) is 11.1. The number of hydrogen-bond donors (Lipinski definition) is 2. The first-order valence-corrected chi connectivity index (χ1v) is 10.7. The fraction of sp³-hybridized carbons (Fsp3) is 0.273. The summed E-state index contributed by atoms with van der Waals surface area (Å²) < 4.78 is 10.7. The fourth-order valence-corrected chi connectivity index (χ4v) is 3.22. The van der Waals surface area contributed by atoms with Crippen molar-refractivity contribution >= 4 is 28.8 Å². The predicted octanol–water partition coefficient (Wildman–Crippen LogP) is 3.91. The van der Waals surface area contributed by atoms with E-state index in [0.29, 0.717) is 24.6 Å². The van der Waals surface area contributed by atoms with E-state index in [9.17, 15) is 9.59 Å². The molecule has 2 amide bonds. The van der Waals surface area contributed by atoms with Crippen LogP contribution in [0.25, 0.3) is 0 Å². The predicted molar refractivity (Wildman–Crippen MR) is 119 cm³/mol. The number of anilines is 1. The van der Waals surface area contributed by atoms with Gasteiger partial charge in [0, 0.05) is 12.2 Å². The number of nitrogens with one attached hydrogen (secondary N) is 2. The van der Waals surface area contributed by atoms with Gasteiger partial charge in [0.25, 0.3) is 11.8 Å². The molecule has 3 aromatic rings. The quantitative estimate of drug-likeness (QED) is 0.464. The summed E-state index contributed by atoms with van der Waals surface area (Å²) >= 11 is 0.934. The van der Waals surface area contributed by atoms with Gasteiger partial charge in [0.15, 0.2) is 0 Å². The second-order valence-corrected chi connectivity index (χ2v) is 7.60. The number of hydrogen-bond acceptors (Lipinski definition) is 7. The van der Waals surface area contributed by atoms with Gasteiger partial charge in [0.05, 0.1) is 13.7 Å². The molecule has 1 heterocycles. The molecule has 0 aliphatic rings. The third kappa shape index (κ3) is 6.51. The highest BCUT2D eigenvalue weighted by molar-refractivity contribution is 7.15. The third-order valence-electron chi connectivity index (χ3n) is 4.30. The summed E-state index contributed by atoms with van der Waals surface area (Å²) in [7, 11) is 1.57. The molecule has 8 nitrogen and oxygen atoms in total. The van der Waals surface area contributed by atoms with E-state index >= 15 is 0 Å². The summed E-state index contributed by atoms with van der Waals surface area (Å²) in [5.74, 6) is 0.677. The number of carbonyl (C=O) groups is 2. The zero-order valence-electron chi connectivity index (χ0n) is 17.4. The number of nitrogens with zero attached hydrogens (tertiary/aromatic N) is 2. The lowest BCUT2D eigenvalue weighted by Crippen LogP contribution is -2.22. The van der Waals surface area contributed by atoms with E-state index in [-0.39, 0.29) is 15.9 Å². The molecule has 162 valence electrons. The molecule has 2 aromatic carbocycles. The first kappa shape index (κ1) is 22.2. The first-order chi connectivity index (χ1) is 15.1. The molecule has 0 radical (unpaired) electrons. The van der Waals surface area contributed by atoms with Gasteiger partial charge in [-0.15, -0.1) is 10.2 Å². The monoisotopic (exact) mass is 440 g/mol. The molecule has 0 spiro atoms. The maximum Gasteiger partial charge on any atom is 0.286 e. The number of unbranched alkanes of at least 4 members (excludes halogenated alkanes) is 1. The van der Waals surface area contributed by atoms with Gasteiger partial charge >= 0.3 is 0 Å². The molecular weight excluding hydrogens is 416 g/mol. The SMILES string of the molecule is CCCCOc1ccc(CNC(=O)c2nnc(C(=O)Nc3ccc(OC)cc3)s2)cc1. The summed E-state index contributed by atoms with van der Waals surface area (Å²) in [4.78, 5) is 24.7. The largest absolute Gasteiger partial charge is 0.497 e. The lowest BCUT2D eigenvalue weighted by atomic mass is 10.2. The second-order valence-electron chi connectivity index (χ2n) is 6.62. The zero-order valence-corrected chi connectivity index (χ0v) is 18.2. The van der Waals surface area contributed by atoms with Crippen LogP contribution in [0.15, 0.2) is 48.5 Å². The van der Waals surface area contributed by atoms with Gasteiger partial charge < -0.3 is 20.1 Å². The van der Waals surface area contributed by atoms with Gasteiger partial charge in [-0.25, -0.2) is 0 Å². The third-order valence-corrected chi connectivity index (χ3v) is 5.23. The van der Waals surface area contributed by atoms with Crippen molar-refractivity contribution in [3.8, 4) is 11.5 Å². The van der Waals surface area contributed by atoms with E-state index < -0.39 is 5.91 Å². The maximum absolute atomic E-state index is 12.4. The molecule has 2 N–H and O–H groups in total. The van der Waals surface area contributed by atoms with Crippen LogP contribution in [0.1, 0.15) is 44.9 Å². The van der Waals surface area contributed by atoms with Crippen LogP contribution >= 0.6 is 11.3 Å². The fourth-order valence-electron chi connectivity index (χ4n) is 2.56. The van der Waals surface area contributed by atoms with Gasteiger partial charge in [0.2, 0.25) is 10.0 Å². The molecule has 0 saturated carbocycles. The number of methoxy groups -OCH3 is 1. The lowest BCUT2D eigenvalue weighted by molar-refractivity contribution is 0.0948. The van der Waals surface area contributed by atoms with Crippen LogP contribution in [0.2, 0.25) is 0 Å². The van der Waals surface area contributed by atoms with E-state index in [2.05, 4.69) is 27.8 Å². The Labute approximate surface area is 184 Å². The van der Waals surface area contributed by atoms with Crippen LogP contribution in [-0.2, 0) is 6.54 Å². The Morgan fingerprint density at radius 1 is 0.935 bits per heavy atom. The molecule has 3 rings (SSSR count). The normalized spacial score (nSPS) is 10.4. The highest BCUT2D eigenvalue weighted by Crippen LogP contribution is 2.17. The maximum atomic E-state index is 12.4. The van der Waals surface area contributed by atoms with E-state index in [1.807, 2.05) is 24.3 Å². The van der Waals surface area contributed by atoms with Crippen molar-refractivity contribution in [2.24, 2.45) is 0 Å². The van der Waals surface area contributed by atoms with Gasteiger partial charge in [-0.1, -0.05) is 36.8 Å². The van der Waals surface area contributed by atoms with Gasteiger partial charge in [0.1, 0.15) is 11.5 Å². The van der Waals surface area contributed by atoms with Crippen LogP contribution in [0, 0.1) is 0 Å². The van der Waals surface area contributed by atoms with Gasteiger partial charge in [-0.3, -0.25) is 9.59 Å². The molecule has 0 unspecified atom stereocenters. The smallest absolute Gasteiger partial charge is 0.286 e. The standard InChI is InChI=1S/C22H24N4O4S/c1-3-4-13-30-18-9-5-15(6-10-18)14-23-19(27)21-25-26-22(31-21)20(28)24-16-7-11-17(29-2)12-8-16/h5-12H,3-4,13-14H2,1-2H3,(H,23,27)(H,24,28). The topological polar surface area (TPSA) is 102 Å². The number of ether oxygens (including phenoxy) is 2. The average molecular weight is 441 g/mol. The molecule has 1 aromatic heterocycles. The van der Waals surface area contributed by atoms with Crippen molar-refractivity contribution in [2.75, 3.05) is 19.0 Å². The molecule has 31 heavy (non-hydrogen) atoms. The number of amides is 2. The van der Waals surface area contributed by atoms with Crippen molar-refractivity contribution in [1.29, 1.82) is 0 Å². The number of rotatable bonds is 10. The average Bonchev–Trinajstić information content (AvgIpc) is 3.30. The van der Waals surface area contributed by atoms with Crippen molar-refractivity contribution in [3.63, 3.8) is 0 Å². The Morgan fingerprint density at radius 3 is 2.23 bits per heavy atom. The summed E-state index contributed by atoms with van der Waals surface area (Å²) in [5.41, 5.74) is 1.52. The molecule has 0 atom stereocenters. The number of benzene rings is 2. The van der Waals surface area contributed by atoms with E-state index in [4.69, 9.17) is 9.47 Å². The molecule has 0 saturated heterocycles. The zero-order chi connectivity index (χ0) is 22.1. The summed E-state index contributed by atoms with van der Waals surface area (Å²) in [6, 6.07) is 14.5. The van der Waals surface area contributed by atoms with Crippen LogP contribution in [0.5, 0.6) is 11.5 Å². The Kier molecular flexibility index (Phi) is 7.94. The highest BCUT2D eigenvalue weighted by atomic mass is 32.1. The van der Waals surface area contributed by atoms with Crippen LogP contribution in [0.4, 0.5) is 5.69 Å². The van der Waals surface area contributed by atoms with Gasteiger partial charge in [-0.2, -0.15) is 0 Å². The van der Waals surface area contributed by atoms with Crippen molar-refractivity contribution in [2.45, 2.75) is 26.3 Å².